The molecule has 6 fully saturated rings. The van der Waals surface area contributed by atoms with Crippen molar-refractivity contribution in [3.05, 3.63) is 0 Å². The molecular formula is C44H68N4O7. The minimum atomic E-state index is -0.898. The monoisotopic (exact) mass is 765 g/mol. The lowest BCUT2D eigenvalue weighted by Gasteiger charge is -2.43. The van der Waals surface area contributed by atoms with Gasteiger partial charge in [0.05, 0.1) is 12.1 Å². The van der Waals surface area contributed by atoms with Crippen LogP contribution in [0.3, 0.4) is 0 Å². The van der Waals surface area contributed by atoms with Crippen molar-refractivity contribution in [3.63, 3.8) is 0 Å². The summed E-state index contributed by atoms with van der Waals surface area (Å²) in [6, 6.07) is -2.70. The van der Waals surface area contributed by atoms with Crippen molar-refractivity contribution < 1.29 is 33.6 Å². The van der Waals surface area contributed by atoms with Crippen LogP contribution in [0.1, 0.15) is 158 Å². The Morgan fingerprint density at radius 2 is 1.49 bits per heavy atom. The molecule has 0 aromatic heterocycles. The van der Waals surface area contributed by atoms with Crippen LogP contribution in [0.15, 0.2) is 0 Å². The molecule has 2 N–H and O–H groups in total. The molecule has 2 heterocycles. The van der Waals surface area contributed by atoms with Crippen LogP contribution in [0, 0.1) is 45.3 Å². The van der Waals surface area contributed by atoms with Gasteiger partial charge in [0.2, 0.25) is 23.5 Å². The lowest BCUT2D eigenvalue weighted by molar-refractivity contribution is -0.153. The van der Waals surface area contributed by atoms with Crippen LogP contribution >= 0.6 is 0 Å². The first-order chi connectivity index (χ1) is 25.8. The third kappa shape index (κ3) is 9.06. The Hall–Kier alpha value is -3.11. The molecule has 6 aliphatic rings. The minimum Gasteiger partial charge on any atom is -0.333 e. The summed E-state index contributed by atoms with van der Waals surface area (Å²) in [4.78, 5) is 99.7. The van der Waals surface area contributed by atoms with Crippen LogP contribution in [0.25, 0.3) is 0 Å². The highest BCUT2D eigenvalue weighted by atomic mass is 16.2. The first-order valence-electron chi connectivity index (χ1n) is 21.6. The Kier molecular flexibility index (Phi) is 11.8. The maximum absolute atomic E-state index is 15.2. The molecule has 0 bridgehead atoms. The van der Waals surface area contributed by atoms with Gasteiger partial charge in [-0.2, -0.15) is 0 Å². The number of amides is 5. The molecule has 1 spiro atoms. The molecule has 0 radical (unpaired) electrons. The largest absolute Gasteiger partial charge is 0.333 e. The summed E-state index contributed by atoms with van der Waals surface area (Å²) in [6.07, 6.45) is 12.3. The molecule has 0 aromatic carbocycles. The number of Topliss-reactive ketones (excluding diaryl/α,β-unsaturated/α-hetero) is 3. The number of carbonyl (C=O) groups excluding carboxylic acids is 7. The van der Waals surface area contributed by atoms with Crippen molar-refractivity contribution in [3.8, 4) is 0 Å². The van der Waals surface area contributed by atoms with Gasteiger partial charge < -0.3 is 15.5 Å². The van der Waals surface area contributed by atoms with Gasteiger partial charge in [-0.1, -0.05) is 74.1 Å². The van der Waals surface area contributed by atoms with Gasteiger partial charge in [0, 0.05) is 44.7 Å². The van der Waals surface area contributed by atoms with Gasteiger partial charge in [-0.3, -0.25) is 33.7 Å². The van der Waals surface area contributed by atoms with E-state index >= 15 is 4.79 Å². The van der Waals surface area contributed by atoms with Crippen LogP contribution in [-0.2, 0) is 28.8 Å². The number of nitrogens with zero attached hydrogens (tertiary/aromatic N) is 2. The van der Waals surface area contributed by atoms with E-state index in [1.165, 1.54) is 4.90 Å². The molecule has 6 atom stereocenters. The number of ketones is 3. The lowest BCUT2D eigenvalue weighted by atomic mass is 9.70. The Morgan fingerprint density at radius 1 is 0.855 bits per heavy atom. The highest BCUT2D eigenvalue weighted by molar-refractivity contribution is 6.38. The van der Waals surface area contributed by atoms with Crippen LogP contribution in [0.5, 0.6) is 0 Å². The van der Waals surface area contributed by atoms with Crippen molar-refractivity contribution in [1.82, 2.24) is 20.4 Å². The lowest BCUT2D eigenvalue weighted by Crippen LogP contribution is -2.63. The first-order valence-corrected chi connectivity index (χ1v) is 21.6. The summed E-state index contributed by atoms with van der Waals surface area (Å²) in [5.74, 6) is -1.87. The predicted octanol–water partition coefficient (Wildman–Crippen LogP) is 6.55. The zero-order chi connectivity index (χ0) is 40.1. The number of fused-ring (bicyclic) bond motifs is 2. The molecule has 2 aliphatic heterocycles. The maximum Gasteiger partial charge on any atom is 0.315 e. The third-order valence-electron chi connectivity index (χ3n) is 14.6. The number of carbonyl (C=O) groups is 7. The number of rotatable bonds is 15. The minimum absolute atomic E-state index is 0.00185. The average molecular weight is 765 g/mol. The van der Waals surface area contributed by atoms with Crippen molar-refractivity contribution in [2.75, 3.05) is 13.1 Å². The molecule has 11 nitrogen and oxygen atoms in total. The molecule has 0 aromatic rings. The van der Waals surface area contributed by atoms with E-state index in [1.807, 2.05) is 41.5 Å². The molecule has 11 heteroatoms. The Morgan fingerprint density at radius 3 is 2.05 bits per heavy atom. The topological polar surface area (TPSA) is 150 Å². The molecular weight excluding hydrogens is 697 g/mol. The van der Waals surface area contributed by atoms with Crippen molar-refractivity contribution in [2.24, 2.45) is 45.3 Å². The summed E-state index contributed by atoms with van der Waals surface area (Å²) in [7, 11) is 0. The number of hydrogen-bond acceptors (Lipinski definition) is 7. The summed E-state index contributed by atoms with van der Waals surface area (Å²) in [6.45, 7) is 14.2. The normalized spacial score (nSPS) is 28.3. The number of piperidine rings is 1. The van der Waals surface area contributed by atoms with E-state index in [1.54, 1.807) is 4.90 Å². The van der Waals surface area contributed by atoms with Crippen molar-refractivity contribution in [2.45, 2.75) is 176 Å². The summed E-state index contributed by atoms with van der Waals surface area (Å²) in [5, 5.41) is 6.19. The Bertz CT molecular complexity index is 1530. The van der Waals surface area contributed by atoms with Gasteiger partial charge in [-0.15, -0.1) is 0 Å². The molecule has 1 unspecified atom stereocenters. The number of imide groups is 1. The maximum atomic E-state index is 15.2. The molecule has 5 amide bonds. The van der Waals surface area contributed by atoms with Gasteiger partial charge in [-0.05, 0) is 97.2 Å². The molecule has 55 heavy (non-hydrogen) atoms. The van der Waals surface area contributed by atoms with E-state index in [-0.39, 0.29) is 84.7 Å². The van der Waals surface area contributed by atoms with Crippen LogP contribution in [-0.4, -0.2) is 82.1 Å². The fraction of sp³-hybridized carbons (Fsp3) is 0.841. The second-order valence-corrected chi connectivity index (χ2v) is 20.8. The fourth-order valence-electron chi connectivity index (χ4n) is 10.7. The Labute approximate surface area is 328 Å². The first kappa shape index (κ1) is 41.5. The standard InChI is InChI=1S/C44H68N4O7/c1-8-12-28(37(53)32(50)21-27-13-14-27)22-31(49)36-29-15-18-44(19-20-44)30(29)25-48(36)39(54)38(43(7)16-10-9-11-17-43)46-40(55)45-33(41(2,3)4)26-47-34(51)23-42(5,6)24-35(47)52/h27-30,33,36,38H,8-26H2,1-7H3,(H2,45,46,55)/t28?,29-,30-,33+,36-,38+/m0/s1. The zero-order valence-corrected chi connectivity index (χ0v) is 34.7. The van der Waals surface area contributed by atoms with E-state index in [9.17, 15) is 28.8 Å². The van der Waals surface area contributed by atoms with Gasteiger partial charge in [-0.25, -0.2) is 4.79 Å². The molecule has 4 aliphatic carbocycles. The van der Waals surface area contributed by atoms with Crippen LogP contribution < -0.4 is 10.6 Å². The molecule has 4 saturated carbocycles. The molecule has 6 rings (SSSR count). The van der Waals surface area contributed by atoms with Crippen LogP contribution in [0.2, 0.25) is 0 Å². The number of urea groups is 1. The quantitative estimate of drug-likeness (QED) is 0.142. The highest BCUT2D eigenvalue weighted by Gasteiger charge is 2.64. The smallest absolute Gasteiger partial charge is 0.315 e. The molecule has 306 valence electrons. The SMILES string of the molecule is CCCC(CC(=O)[C@@H]1[C@H]2CCC3(CC3)[C@H]2CN1C(=O)[C@@H](NC(=O)N[C@H](CN1C(=O)CC(C)(C)CC1=O)C(C)(C)C)C1(C)CCCCC1)C(=O)C(=O)CC1CC1. The summed E-state index contributed by atoms with van der Waals surface area (Å²) in [5.41, 5.74) is -1.33. The van der Waals surface area contributed by atoms with E-state index < -0.39 is 52.1 Å². The van der Waals surface area contributed by atoms with Gasteiger partial charge in [0.15, 0.2) is 11.6 Å². The Balaban J connectivity index is 1.24. The van der Waals surface area contributed by atoms with Gasteiger partial charge in [0.1, 0.15) is 6.04 Å². The van der Waals surface area contributed by atoms with E-state index in [0.717, 1.165) is 70.6 Å². The molecule has 2 saturated heterocycles. The second-order valence-electron chi connectivity index (χ2n) is 20.8. The van der Waals surface area contributed by atoms with E-state index in [4.69, 9.17) is 0 Å². The second kappa shape index (κ2) is 15.7. The summed E-state index contributed by atoms with van der Waals surface area (Å²) < 4.78 is 0. The number of nitrogens with one attached hydrogen (secondary N) is 2. The third-order valence-corrected chi connectivity index (χ3v) is 14.6. The average Bonchev–Trinajstić information content (AvgIpc) is 4.01. The van der Waals surface area contributed by atoms with Crippen molar-refractivity contribution in [1.29, 1.82) is 0 Å². The van der Waals surface area contributed by atoms with E-state index in [0.29, 0.717) is 19.4 Å². The number of likely N-dealkylation sites (tertiary alicyclic amines) is 2. The van der Waals surface area contributed by atoms with Crippen LogP contribution in [0.4, 0.5) is 4.79 Å². The van der Waals surface area contributed by atoms with Gasteiger partial charge >= 0.3 is 6.03 Å². The highest BCUT2D eigenvalue weighted by Crippen LogP contribution is 2.66. The fourth-order valence-corrected chi connectivity index (χ4v) is 10.7. The predicted molar refractivity (Wildman–Crippen MR) is 208 cm³/mol. The van der Waals surface area contributed by atoms with E-state index in [2.05, 4.69) is 17.6 Å². The summed E-state index contributed by atoms with van der Waals surface area (Å²) >= 11 is 0. The number of hydrogen-bond donors (Lipinski definition) is 2. The zero-order valence-electron chi connectivity index (χ0n) is 34.7. The van der Waals surface area contributed by atoms with Gasteiger partial charge in [0.25, 0.3) is 0 Å². The van der Waals surface area contributed by atoms with Crippen molar-refractivity contribution >= 4 is 41.1 Å².